The number of rotatable bonds is 4. The van der Waals surface area contributed by atoms with E-state index in [4.69, 9.17) is 4.42 Å². The quantitative estimate of drug-likeness (QED) is 0.852. The molecule has 1 aromatic carbocycles. The van der Waals surface area contributed by atoms with Gasteiger partial charge in [0.05, 0.1) is 11.6 Å². The van der Waals surface area contributed by atoms with Crippen LogP contribution in [0.2, 0.25) is 0 Å². The molecule has 0 bridgehead atoms. The maximum absolute atomic E-state index is 13.8. The van der Waals surface area contributed by atoms with Crippen molar-refractivity contribution in [1.82, 2.24) is 5.32 Å². The van der Waals surface area contributed by atoms with Gasteiger partial charge in [0.1, 0.15) is 11.4 Å². The molecule has 96 valence electrons. The lowest BCUT2D eigenvalue weighted by Gasteiger charge is -2.11. The van der Waals surface area contributed by atoms with Crippen LogP contribution in [-0.2, 0) is 0 Å². The lowest BCUT2D eigenvalue weighted by molar-refractivity contribution is 0.0948. The van der Waals surface area contributed by atoms with Crippen LogP contribution in [0.3, 0.4) is 0 Å². The van der Waals surface area contributed by atoms with E-state index in [-0.39, 0.29) is 16.9 Å². The van der Waals surface area contributed by atoms with Crippen molar-refractivity contribution in [3.63, 3.8) is 0 Å². The number of furan rings is 1. The number of likely N-dealkylation sites (N-methyl/N-ethyl adjacent to an activating group) is 1. The number of carbonyl (C=O) groups excluding carboxylic acids is 1. The van der Waals surface area contributed by atoms with Gasteiger partial charge in [-0.2, -0.15) is 4.39 Å². The Labute approximate surface area is 103 Å². The number of hydrogen-bond acceptors (Lipinski definition) is 3. The van der Waals surface area contributed by atoms with E-state index in [1.54, 1.807) is 6.92 Å². The van der Waals surface area contributed by atoms with Crippen molar-refractivity contribution in [2.75, 3.05) is 6.54 Å². The highest BCUT2D eigenvalue weighted by molar-refractivity contribution is 6.02. The minimum absolute atomic E-state index is 0.0923. The topological polar surface area (TPSA) is 42.2 Å². The molecule has 5 heteroatoms. The molecule has 1 N–H and O–H groups in total. The van der Waals surface area contributed by atoms with E-state index in [0.29, 0.717) is 11.9 Å². The molecule has 0 unspecified atom stereocenters. The van der Waals surface area contributed by atoms with Crippen LogP contribution in [-0.4, -0.2) is 18.4 Å². The summed E-state index contributed by atoms with van der Waals surface area (Å²) in [5.74, 6) is -1.05. The number of ketones is 1. The normalized spacial score (nSPS) is 12.9. The molecule has 0 spiro atoms. The summed E-state index contributed by atoms with van der Waals surface area (Å²) >= 11 is 0. The van der Waals surface area contributed by atoms with Crippen molar-refractivity contribution in [3.05, 3.63) is 35.6 Å². The molecule has 0 aliphatic carbocycles. The van der Waals surface area contributed by atoms with Gasteiger partial charge in [-0.15, -0.1) is 0 Å². The fourth-order valence-corrected chi connectivity index (χ4v) is 1.85. The van der Waals surface area contributed by atoms with E-state index in [1.165, 1.54) is 6.07 Å². The van der Waals surface area contributed by atoms with Crippen molar-refractivity contribution in [1.29, 1.82) is 0 Å². The van der Waals surface area contributed by atoms with E-state index in [2.05, 4.69) is 5.32 Å². The van der Waals surface area contributed by atoms with Crippen LogP contribution in [0.5, 0.6) is 0 Å². The maximum Gasteiger partial charge on any atom is 0.278 e. The zero-order valence-corrected chi connectivity index (χ0v) is 10.1. The van der Waals surface area contributed by atoms with Crippen LogP contribution in [0.1, 0.15) is 24.2 Å². The number of fused-ring (bicyclic) bond motifs is 1. The second-order valence-electron chi connectivity index (χ2n) is 4.06. The van der Waals surface area contributed by atoms with Crippen molar-refractivity contribution >= 4 is 16.8 Å². The Morgan fingerprint density at radius 2 is 2.11 bits per heavy atom. The standard InChI is InChI=1S/C13H13F2NO2/c1-3-16-7(2)13(17)9-6-11-8(4-10(9)14)5-12(15)18-11/h4-7,16H,3H2,1-2H3/t7-/m0/s1. The summed E-state index contributed by atoms with van der Waals surface area (Å²) in [6, 6.07) is 2.13. The first kappa shape index (κ1) is 12.7. The molecule has 3 nitrogen and oxygen atoms in total. The number of nitrogens with one attached hydrogen (secondary N) is 1. The number of benzene rings is 1. The lowest BCUT2D eigenvalue weighted by atomic mass is 10.0. The Bertz CT molecular complexity index is 592. The van der Waals surface area contributed by atoms with Crippen molar-refractivity contribution < 1.29 is 18.0 Å². The summed E-state index contributed by atoms with van der Waals surface area (Å²) in [5, 5.41) is 3.21. The minimum Gasteiger partial charge on any atom is -0.431 e. The van der Waals surface area contributed by atoms with Gasteiger partial charge in [-0.3, -0.25) is 4.79 Å². The molecule has 1 heterocycles. The first-order valence-electron chi connectivity index (χ1n) is 5.69. The Kier molecular flexibility index (Phi) is 3.43. The fourth-order valence-electron chi connectivity index (χ4n) is 1.85. The third-order valence-corrected chi connectivity index (χ3v) is 2.74. The Hall–Kier alpha value is -1.75. The van der Waals surface area contributed by atoms with Gasteiger partial charge in [-0.05, 0) is 25.6 Å². The molecule has 18 heavy (non-hydrogen) atoms. The largest absolute Gasteiger partial charge is 0.431 e. The van der Waals surface area contributed by atoms with E-state index in [9.17, 15) is 13.6 Å². The van der Waals surface area contributed by atoms with Gasteiger partial charge in [0.15, 0.2) is 5.78 Å². The molecule has 2 rings (SSSR count). The van der Waals surface area contributed by atoms with E-state index in [0.717, 1.165) is 12.1 Å². The van der Waals surface area contributed by atoms with E-state index >= 15 is 0 Å². The SMILES string of the molecule is CCN[C@@H](C)C(=O)c1cc2oc(F)cc2cc1F. The number of hydrogen-bond donors (Lipinski definition) is 1. The number of halogens is 2. The van der Waals surface area contributed by atoms with Gasteiger partial charge < -0.3 is 9.73 Å². The van der Waals surface area contributed by atoms with Crippen LogP contribution in [0.25, 0.3) is 11.0 Å². The van der Waals surface area contributed by atoms with Gasteiger partial charge in [-0.25, -0.2) is 4.39 Å². The molecule has 1 atom stereocenters. The number of Topliss-reactive ketones (excluding diaryl/α,β-unsaturated/α-hetero) is 1. The van der Waals surface area contributed by atoms with Crippen molar-refractivity contribution in [2.24, 2.45) is 0 Å². The first-order chi connectivity index (χ1) is 8.52. The second-order valence-corrected chi connectivity index (χ2v) is 4.06. The molecule has 0 aliphatic rings. The zero-order chi connectivity index (χ0) is 13.3. The first-order valence-corrected chi connectivity index (χ1v) is 5.69. The average molecular weight is 253 g/mol. The van der Waals surface area contributed by atoms with Crippen molar-refractivity contribution in [2.45, 2.75) is 19.9 Å². The summed E-state index contributed by atoms with van der Waals surface area (Å²) in [6.07, 6.45) is 0. The van der Waals surface area contributed by atoms with Crippen LogP contribution >= 0.6 is 0 Å². The lowest BCUT2D eigenvalue weighted by Crippen LogP contribution is -2.34. The van der Waals surface area contributed by atoms with E-state index < -0.39 is 17.9 Å². The van der Waals surface area contributed by atoms with Crippen LogP contribution < -0.4 is 5.32 Å². The molecular weight excluding hydrogens is 240 g/mol. The maximum atomic E-state index is 13.8. The van der Waals surface area contributed by atoms with Gasteiger partial charge in [0, 0.05) is 11.5 Å². The van der Waals surface area contributed by atoms with Gasteiger partial charge >= 0.3 is 0 Å². The highest BCUT2D eigenvalue weighted by atomic mass is 19.1. The predicted octanol–water partition coefficient (Wildman–Crippen LogP) is 2.89. The summed E-state index contributed by atoms with van der Waals surface area (Å²) in [4.78, 5) is 12.0. The van der Waals surface area contributed by atoms with Crippen LogP contribution in [0.15, 0.2) is 22.6 Å². The Balaban J connectivity index is 2.43. The van der Waals surface area contributed by atoms with Gasteiger partial charge in [-0.1, -0.05) is 6.92 Å². The van der Waals surface area contributed by atoms with Crippen LogP contribution in [0.4, 0.5) is 8.78 Å². The van der Waals surface area contributed by atoms with E-state index in [1.807, 2.05) is 6.92 Å². The second kappa shape index (κ2) is 4.86. The fraction of sp³-hybridized carbons (Fsp3) is 0.308. The summed E-state index contributed by atoms with van der Waals surface area (Å²) in [5.41, 5.74) is 0.0752. The van der Waals surface area contributed by atoms with Gasteiger partial charge in [0.2, 0.25) is 0 Å². The number of carbonyl (C=O) groups is 1. The molecule has 0 radical (unpaired) electrons. The molecule has 2 aromatic rings. The molecular formula is C13H13F2NO2. The van der Waals surface area contributed by atoms with Crippen molar-refractivity contribution in [3.8, 4) is 0 Å². The monoisotopic (exact) mass is 253 g/mol. The third kappa shape index (κ3) is 2.26. The Morgan fingerprint density at radius 3 is 2.78 bits per heavy atom. The highest BCUT2D eigenvalue weighted by Crippen LogP contribution is 2.23. The predicted molar refractivity (Wildman–Crippen MR) is 63.6 cm³/mol. The molecule has 1 aromatic heterocycles. The van der Waals surface area contributed by atoms with Gasteiger partial charge in [0.25, 0.3) is 6.01 Å². The smallest absolute Gasteiger partial charge is 0.278 e. The molecule has 0 fully saturated rings. The molecule has 0 amide bonds. The summed E-state index contributed by atoms with van der Waals surface area (Å²) in [7, 11) is 0. The third-order valence-electron chi connectivity index (χ3n) is 2.74. The molecule has 0 saturated heterocycles. The summed E-state index contributed by atoms with van der Waals surface area (Å²) in [6.45, 7) is 4.11. The Morgan fingerprint density at radius 1 is 1.39 bits per heavy atom. The zero-order valence-electron chi connectivity index (χ0n) is 10.1. The highest BCUT2D eigenvalue weighted by Gasteiger charge is 2.20. The molecule has 0 saturated carbocycles. The average Bonchev–Trinajstić information content (AvgIpc) is 2.66. The molecule has 0 aliphatic heterocycles. The minimum atomic E-state index is -0.797. The van der Waals surface area contributed by atoms with Crippen LogP contribution in [0, 0.1) is 11.8 Å². The summed E-state index contributed by atoms with van der Waals surface area (Å²) < 4.78 is 31.4.